The van der Waals surface area contributed by atoms with Gasteiger partial charge in [-0.3, -0.25) is 4.79 Å². The van der Waals surface area contributed by atoms with Crippen LogP contribution in [0.2, 0.25) is 0 Å². The third-order valence-electron chi connectivity index (χ3n) is 4.50. The maximum atomic E-state index is 12.7. The van der Waals surface area contributed by atoms with E-state index in [1.54, 1.807) is 7.11 Å². The monoisotopic (exact) mass is 313 g/mol. The van der Waals surface area contributed by atoms with E-state index in [-0.39, 0.29) is 11.9 Å². The number of rotatable bonds is 3. The van der Waals surface area contributed by atoms with E-state index in [0.29, 0.717) is 6.54 Å². The number of nitrogens with zero attached hydrogens (tertiary/aromatic N) is 2. The van der Waals surface area contributed by atoms with E-state index in [1.807, 2.05) is 49.1 Å². The number of aromatic nitrogens is 1. The van der Waals surface area contributed by atoms with Gasteiger partial charge in [0.1, 0.15) is 5.75 Å². The summed E-state index contributed by atoms with van der Waals surface area (Å²) in [6.45, 7) is 5.39. The van der Waals surface area contributed by atoms with E-state index in [9.17, 15) is 4.79 Å². The number of likely N-dealkylation sites (tertiary alicyclic amines) is 1. The molecule has 122 valence electrons. The van der Waals surface area contributed by atoms with Crippen LogP contribution in [-0.2, 0) is 0 Å². The van der Waals surface area contributed by atoms with Gasteiger partial charge < -0.3 is 19.9 Å². The molecule has 0 aliphatic carbocycles. The molecule has 1 aliphatic heterocycles. The Bertz CT molecular complexity index is 719. The summed E-state index contributed by atoms with van der Waals surface area (Å²) in [5.74, 6) is 0.893. The van der Waals surface area contributed by atoms with Crippen molar-refractivity contribution < 1.29 is 9.53 Å². The average Bonchev–Trinajstić information content (AvgIpc) is 3.10. The smallest absolute Gasteiger partial charge is 0.255 e. The minimum Gasteiger partial charge on any atom is -0.497 e. The van der Waals surface area contributed by atoms with Gasteiger partial charge in [0, 0.05) is 36.2 Å². The van der Waals surface area contributed by atoms with Crippen molar-refractivity contribution in [2.45, 2.75) is 26.3 Å². The highest BCUT2D eigenvalue weighted by Gasteiger charge is 2.27. The van der Waals surface area contributed by atoms with Crippen LogP contribution in [0.5, 0.6) is 5.75 Å². The van der Waals surface area contributed by atoms with Crippen LogP contribution in [0.1, 0.15) is 28.2 Å². The number of carbonyl (C=O) groups is 1. The highest BCUT2D eigenvalue weighted by Crippen LogP contribution is 2.24. The van der Waals surface area contributed by atoms with Crippen molar-refractivity contribution in [3.63, 3.8) is 0 Å². The van der Waals surface area contributed by atoms with Gasteiger partial charge in [-0.1, -0.05) is 0 Å². The first kappa shape index (κ1) is 15.6. The summed E-state index contributed by atoms with van der Waals surface area (Å²) in [7, 11) is 1.65. The first-order valence-corrected chi connectivity index (χ1v) is 7.89. The van der Waals surface area contributed by atoms with Crippen LogP contribution in [-0.4, -0.2) is 41.6 Å². The Hall–Kier alpha value is -2.27. The van der Waals surface area contributed by atoms with Crippen LogP contribution < -0.4 is 10.5 Å². The number of nitrogens with two attached hydrogens (primary N) is 1. The molecule has 1 aromatic heterocycles. The van der Waals surface area contributed by atoms with E-state index in [0.717, 1.165) is 41.4 Å². The number of benzene rings is 1. The molecule has 0 bridgehead atoms. The number of hydrogen-bond acceptors (Lipinski definition) is 3. The molecule has 2 heterocycles. The summed E-state index contributed by atoms with van der Waals surface area (Å²) >= 11 is 0. The zero-order valence-corrected chi connectivity index (χ0v) is 13.9. The van der Waals surface area contributed by atoms with Crippen molar-refractivity contribution in [1.29, 1.82) is 0 Å². The second-order valence-electron chi connectivity index (χ2n) is 6.12. The van der Waals surface area contributed by atoms with Crippen molar-refractivity contribution in [2.24, 2.45) is 5.73 Å². The molecule has 0 unspecified atom stereocenters. The lowest BCUT2D eigenvalue weighted by atomic mass is 10.2. The number of carbonyl (C=O) groups excluding carboxylic acids is 1. The Labute approximate surface area is 136 Å². The van der Waals surface area contributed by atoms with E-state index in [4.69, 9.17) is 10.5 Å². The molecule has 1 aliphatic rings. The van der Waals surface area contributed by atoms with Crippen molar-refractivity contribution in [1.82, 2.24) is 9.47 Å². The zero-order chi connectivity index (χ0) is 16.6. The van der Waals surface area contributed by atoms with E-state index in [1.165, 1.54) is 0 Å². The molecular formula is C18H23N3O2. The Kier molecular flexibility index (Phi) is 4.13. The van der Waals surface area contributed by atoms with Gasteiger partial charge in [0.15, 0.2) is 0 Å². The maximum Gasteiger partial charge on any atom is 0.255 e. The number of methoxy groups -OCH3 is 1. The Morgan fingerprint density at radius 2 is 1.96 bits per heavy atom. The van der Waals surface area contributed by atoms with Crippen molar-refractivity contribution in [3.05, 3.63) is 47.3 Å². The largest absolute Gasteiger partial charge is 0.497 e. The highest BCUT2D eigenvalue weighted by molar-refractivity contribution is 5.96. The summed E-state index contributed by atoms with van der Waals surface area (Å²) in [5, 5.41) is 0. The fourth-order valence-corrected chi connectivity index (χ4v) is 3.25. The zero-order valence-electron chi connectivity index (χ0n) is 13.9. The minimum atomic E-state index is 0.0748. The van der Waals surface area contributed by atoms with E-state index >= 15 is 0 Å². The van der Waals surface area contributed by atoms with Crippen LogP contribution in [0.3, 0.4) is 0 Å². The van der Waals surface area contributed by atoms with E-state index < -0.39 is 0 Å². The van der Waals surface area contributed by atoms with Crippen molar-refractivity contribution in [2.75, 3.05) is 20.2 Å². The molecule has 1 aromatic carbocycles. The predicted molar refractivity (Wildman–Crippen MR) is 90.3 cm³/mol. The number of ether oxygens (including phenoxy) is 1. The van der Waals surface area contributed by atoms with Crippen LogP contribution >= 0.6 is 0 Å². The lowest BCUT2D eigenvalue weighted by molar-refractivity contribution is 0.0790. The molecule has 1 saturated heterocycles. The maximum absolute atomic E-state index is 12.7. The van der Waals surface area contributed by atoms with Crippen molar-refractivity contribution >= 4 is 5.91 Å². The van der Waals surface area contributed by atoms with Gasteiger partial charge in [-0.05, 0) is 50.6 Å². The molecule has 1 amide bonds. The molecule has 3 rings (SSSR count). The lowest BCUT2D eigenvalue weighted by Crippen LogP contribution is -2.32. The molecule has 2 N–H and O–H groups in total. The van der Waals surface area contributed by atoms with Crippen LogP contribution in [0.25, 0.3) is 5.69 Å². The summed E-state index contributed by atoms with van der Waals surface area (Å²) in [4.78, 5) is 14.6. The van der Waals surface area contributed by atoms with Crippen LogP contribution in [0.15, 0.2) is 30.3 Å². The van der Waals surface area contributed by atoms with Gasteiger partial charge in [-0.25, -0.2) is 0 Å². The molecule has 1 fully saturated rings. The lowest BCUT2D eigenvalue weighted by Gasteiger charge is -2.16. The summed E-state index contributed by atoms with van der Waals surface area (Å²) in [5.41, 5.74) is 9.70. The van der Waals surface area contributed by atoms with Crippen LogP contribution in [0, 0.1) is 13.8 Å². The molecular weight excluding hydrogens is 290 g/mol. The molecule has 0 spiro atoms. The topological polar surface area (TPSA) is 60.5 Å². The van der Waals surface area contributed by atoms with Gasteiger partial charge >= 0.3 is 0 Å². The predicted octanol–water partition coefficient (Wildman–Crippen LogP) is 2.28. The van der Waals surface area contributed by atoms with Gasteiger partial charge in [0.2, 0.25) is 0 Å². The molecule has 5 heteroatoms. The normalized spacial score (nSPS) is 17.6. The second kappa shape index (κ2) is 6.08. The number of amides is 1. The molecule has 23 heavy (non-hydrogen) atoms. The summed E-state index contributed by atoms with van der Waals surface area (Å²) in [6, 6.07) is 9.91. The fourth-order valence-electron chi connectivity index (χ4n) is 3.25. The Balaban J connectivity index is 1.94. The number of aryl methyl sites for hydroxylation is 1. The third-order valence-corrected chi connectivity index (χ3v) is 4.50. The summed E-state index contributed by atoms with van der Waals surface area (Å²) in [6.07, 6.45) is 0.878. The average molecular weight is 313 g/mol. The first-order chi connectivity index (χ1) is 11.0. The molecule has 1 atom stereocenters. The van der Waals surface area contributed by atoms with E-state index in [2.05, 4.69) is 4.57 Å². The number of hydrogen-bond donors (Lipinski definition) is 1. The van der Waals surface area contributed by atoms with Crippen molar-refractivity contribution in [3.8, 4) is 11.4 Å². The molecule has 0 saturated carbocycles. The third kappa shape index (κ3) is 2.84. The molecule has 0 radical (unpaired) electrons. The fraction of sp³-hybridized carbons (Fsp3) is 0.389. The van der Waals surface area contributed by atoms with Gasteiger partial charge in [0.05, 0.1) is 12.7 Å². The van der Waals surface area contributed by atoms with Gasteiger partial charge in [-0.15, -0.1) is 0 Å². The highest BCUT2D eigenvalue weighted by atomic mass is 16.5. The quantitative estimate of drug-likeness (QED) is 0.945. The first-order valence-electron chi connectivity index (χ1n) is 7.89. The van der Waals surface area contributed by atoms with Gasteiger partial charge in [-0.2, -0.15) is 0 Å². The Morgan fingerprint density at radius 3 is 2.52 bits per heavy atom. The van der Waals surface area contributed by atoms with Gasteiger partial charge in [0.25, 0.3) is 5.91 Å². The second-order valence-corrected chi connectivity index (χ2v) is 6.12. The standard InChI is InChI=1S/C18H23N3O2/c1-12-10-17(18(22)20-9-8-14(19)11-20)13(2)21(12)15-4-6-16(23-3)7-5-15/h4-7,10,14H,8-9,11,19H2,1-3H3/t14-/m1/s1. The molecule has 2 aromatic rings. The van der Waals surface area contributed by atoms with Crippen LogP contribution in [0.4, 0.5) is 0 Å². The minimum absolute atomic E-state index is 0.0748. The summed E-state index contributed by atoms with van der Waals surface area (Å²) < 4.78 is 7.30. The molecule has 5 nitrogen and oxygen atoms in total. The SMILES string of the molecule is COc1ccc(-n2c(C)cc(C(=O)N3CC[C@@H](N)C3)c2C)cc1. The Morgan fingerprint density at radius 1 is 1.26 bits per heavy atom.